The highest BCUT2D eigenvalue weighted by Crippen LogP contribution is 2.16. The van der Waals surface area contributed by atoms with Gasteiger partial charge < -0.3 is 15.8 Å². The molecule has 1 fully saturated rings. The predicted molar refractivity (Wildman–Crippen MR) is 41.3 cm³/mol. The van der Waals surface area contributed by atoms with Crippen LogP contribution in [0.15, 0.2) is 0 Å². The van der Waals surface area contributed by atoms with Gasteiger partial charge in [0.1, 0.15) is 6.23 Å². The van der Waals surface area contributed by atoms with Crippen molar-refractivity contribution >= 4 is 17.6 Å². The topological polar surface area (TPSA) is 64.4 Å². The summed E-state index contributed by atoms with van der Waals surface area (Å²) in [7, 11) is 0. The second-order valence-corrected chi connectivity index (χ2v) is 3.02. The van der Waals surface area contributed by atoms with E-state index in [1.807, 2.05) is 0 Å². The number of amides is 2. The van der Waals surface area contributed by atoms with Crippen molar-refractivity contribution in [3.63, 3.8) is 0 Å². The van der Waals surface area contributed by atoms with Gasteiger partial charge in [0.25, 0.3) is 0 Å². The molecular weight excluding hydrogens is 168 g/mol. The van der Waals surface area contributed by atoms with Gasteiger partial charge in [0.2, 0.25) is 0 Å². The number of urea groups is 1. The lowest BCUT2D eigenvalue weighted by atomic mass is 10.2. The number of carbonyl (C=O) groups is 1. The van der Waals surface area contributed by atoms with Gasteiger partial charge in [-0.25, -0.2) is 4.79 Å². The minimum Gasteiger partial charge on any atom is -0.357 e. The van der Waals surface area contributed by atoms with Gasteiger partial charge in [-0.05, 0) is 12.8 Å². The maximum absolute atomic E-state index is 10.4. The average Bonchev–Trinajstić information content (AvgIpc) is 1.93. The van der Waals surface area contributed by atoms with E-state index in [1.165, 1.54) is 0 Å². The Kier molecular flexibility index (Phi) is 2.96. The Balaban J connectivity index is 2.35. The first kappa shape index (κ1) is 8.62. The van der Waals surface area contributed by atoms with Crippen LogP contribution in [-0.4, -0.2) is 24.2 Å². The summed E-state index contributed by atoms with van der Waals surface area (Å²) in [6.07, 6.45) is 1.38. The van der Waals surface area contributed by atoms with Crippen LogP contribution in [0.2, 0.25) is 0 Å². The quantitative estimate of drug-likeness (QED) is 0.571. The molecule has 4 nitrogen and oxygen atoms in total. The van der Waals surface area contributed by atoms with Gasteiger partial charge in [-0.1, -0.05) is 0 Å². The highest BCUT2D eigenvalue weighted by Gasteiger charge is 2.24. The monoisotopic (exact) mass is 178 g/mol. The molecule has 11 heavy (non-hydrogen) atoms. The van der Waals surface area contributed by atoms with Crippen LogP contribution in [0.25, 0.3) is 0 Å². The number of carbonyl (C=O) groups excluding carboxylic acids is 1. The Morgan fingerprint density at radius 1 is 1.73 bits per heavy atom. The molecule has 0 radical (unpaired) electrons. The largest absolute Gasteiger partial charge is 0.357 e. The minimum absolute atomic E-state index is 0.156. The van der Waals surface area contributed by atoms with Crippen LogP contribution in [0.5, 0.6) is 0 Å². The normalized spacial score (nSPS) is 31.4. The number of ether oxygens (including phenoxy) is 1. The maximum atomic E-state index is 10.4. The van der Waals surface area contributed by atoms with Crippen LogP contribution in [0.4, 0.5) is 4.79 Å². The fourth-order valence-electron chi connectivity index (χ4n) is 1.02. The van der Waals surface area contributed by atoms with Gasteiger partial charge in [0.05, 0.1) is 5.38 Å². The molecule has 0 aliphatic carbocycles. The lowest BCUT2D eigenvalue weighted by Crippen LogP contribution is -2.47. The van der Waals surface area contributed by atoms with Gasteiger partial charge in [0.15, 0.2) is 0 Å². The number of halogens is 1. The van der Waals surface area contributed by atoms with Crippen molar-refractivity contribution in [2.24, 2.45) is 5.73 Å². The average molecular weight is 179 g/mol. The van der Waals surface area contributed by atoms with E-state index < -0.39 is 12.3 Å². The lowest BCUT2D eigenvalue weighted by molar-refractivity contribution is 0.00636. The third-order valence-corrected chi connectivity index (χ3v) is 1.98. The summed E-state index contributed by atoms with van der Waals surface area (Å²) < 4.78 is 5.16. The van der Waals surface area contributed by atoms with Crippen LogP contribution in [0.3, 0.4) is 0 Å². The van der Waals surface area contributed by atoms with Crippen LogP contribution >= 0.6 is 11.6 Å². The van der Waals surface area contributed by atoms with Crippen molar-refractivity contribution in [2.45, 2.75) is 24.4 Å². The van der Waals surface area contributed by atoms with E-state index in [4.69, 9.17) is 22.1 Å². The van der Waals surface area contributed by atoms with Crippen molar-refractivity contribution in [3.05, 3.63) is 0 Å². The smallest absolute Gasteiger partial charge is 0.314 e. The van der Waals surface area contributed by atoms with Crippen LogP contribution in [0.1, 0.15) is 12.8 Å². The van der Waals surface area contributed by atoms with Gasteiger partial charge in [-0.2, -0.15) is 0 Å². The van der Waals surface area contributed by atoms with Crippen LogP contribution in [0, 0.1) is 0 Å². The van der Waals surface area contributed by atoms with Gasteiger partial charge in [-0.15, -0.1) is 11.6 Å². The van der Waals surface area contributed by atoms with E-state index >= 15 is 0 Å². The fourth-order valence-corrected chi connectivity index (χ4v) is 1.31. The minimum atomic E-state index is -0.595. The van der Waals surface area contributed by atoms with Gasteiger partial charge in [-0.3, -0.25) is 0 Å². The van der Waals surface area contributed by atoms with Gasteiger partial charge in [0, 0.05) is 6.61 Å². The molecule has 2 amide bonds. The fraction of sp³-hybridized carbons (Fsp3) is 0.833. The molecule has 0 saturated carbocycles. The molecule has 0 spiro atoms. The number of alkyl halides is 1. The summed E-state index contributed by atoms with van der Waals surface area (Å²) in [5.74, 6) is 0. The molecule has 3 N–H and O–H groups in total. The van der Waals surface area contributed by atoms with Crippen molar-refractivity contribution in [1.82, 2.24) is 5.32 Å². The number of nitrogens with one attached hydrogen (secondary N) is 1. The molecule has 2 atom stereocenters. The first-order valence-electron chi connectivity index (χ1n) is 3.52. The van der Waals surface area contributed by atoms with Crippen LogP contribution < -0.4 is 11.1 Å². The zero-order chi connectivity index (χ0) is 8.27. The van der Waals surface area contributed by atoms with Crippen LogP contribution in [-0.2, 0) is 4.74 Å². The SMILES string of the molecule is NC(=O)N[C@H]1OCCC[C@@H]1Cl. The molecule has 64 valence electrons. The number of rotatable bonds is 1. The summed E-state index contributed by atoms with van der Waals surface area (Å²) in [4.78, 5) is 10.4. The van der Waals surface area contributed by atoms with E-state index in [2.05, 4.69) is 5.32 Å². The summed E-state index contributed by atoms with van der Waals surface area (Å²) in [5, 5.41) is 2.26. The number of hydrogen-bond acceptors (Lipinski definition) is 2. The zero-order valence-corrected chi connectivity index (χ0v) is 6.80. The lowest BCUT2D eigenvalue weighted by Gasteiger charge is -2.27. The molecule has 0 unspecified atom stereocenters. The molecule has 0 aromatic heterocycles. The third-order valence-electron chi connectivity index (χ3n) is 1.53. The number of hydrogen-bond donors (Lipinski definition) is 2. The Hall–Kier alpha value is -0.480. The van der Waals surface area contributed by atoms with E-state index in [0.717, 1.165) is 12.8 Å². The molecule has 0 bridgehead atoms. The first-order valence-corrected chi connectivity index (χ1v) is 3.95. The Morgan fingerprint density at radius 3 is 3.00 bits per heavy atom. The summed E-state index contributed by atoms with van der Waals surface area (Å²) in [5.41, 5.74) is 4.90. The van der Waals surface area contributed by atoms with E-state index in [9.17, 15) is 4.79 Å². The molecule has 1 aliphatic rings. The molecule has 0 aromatic rings. The van der Waals surface area contributed by atoms with E-state index in [0.29, 0.717) is 6.61 Å². The molecule has 1 aliphatic heterocycles. The van der Waals surface area contributed by atoms with Crippen molar-refractivity contribution < 1.29 is 9.53 Å². The Morgan fingerprint density at radius 2 is 2.45 bits per heavy atom. The van der Waals surface area contributed by atoms with Gasteiger partial charge >= 0.3 is 6.03 Å². The first-order chi connectivity index (χ1) is 5.20. The van der Waals surface area contributed by atoms with E-state index in [1.54, 1.807) is 0 Å². The molecule has 1 rings (SSSR count). The maximum Gasteiger partial charge on any atom is 0.314 e. The number of primary amides is 1. The molecule has 1 saturated heterocycles. The third kappa shape index (κ3) is 2.55. The highest BCUT2D eigenvalue weighted by molar-refractivity contribution is 6.21. The van der Waals surface area contributed by atoms with E-state index in [-0.39, 0.29) is 5.38 Å². The molecule has 5 heteroatoms. The summed E-state index contributed by atoms with van der Waals surface area (Å²) in [6.45, 7) is 0.633. The number of nitrogens with two attached hydrogens (primary N) is 1. The zero-order valence-electron chi connectivity index (χ0n) is 6.05. The Labute approximate surface area is 70.0 Å². The van der Waals surface area contributed by atoms with Crippen molar-refractivity contribution in [3.8, 4) is 0 Å². The highest BCUT2D eigenvalue weighted by atomic mass is 35.5. The standard InChI is InChI=1S/C6H11ClN2O2/c7-4-2-1-3-11-5(4)9-6(8)10/h4-5H,1-3H2,(H3,8,9,10)/t4-,5-/m0/s1. The predicted octanol–water partition coefficient (Wildman–Crippen LogP) is 0.399. The summed E-state index contributed by atoms with van der Waals surface area (Å²) >= 11 is 5.83. The summed E-state index contributed by atoms with van der Waals surface area (Å²) in [6, 6.07) is -0.595. The molecular formula is C6H11ClN2O2. The second kappa shape index (κ2) is 3.78. The van der Waals surface area contributed by atoms with Crippen molar-refractivity contribution in [1.29, 1.82) is 0 Å². The van der Waals surface area contributed by atoms with Crippen molar-refractivity contribution in [2.75, 3.05) is 6.61 Å². The molecule has 0 aromatic carbocycles. The molecule has 1 heterocycles. The second-order valence-electron chi connectivity index (χ2n) is 2.46. The Bertz CT molecular complexity index is 154.